The molecule has 1 amide bonds. The summed E-state index contributed by atoms with van der Waals surface area (Å²) in [5.74, 6) is 0.317. The van der Waals surface area contributed by atoms with Gasteiger partial charge in [-0.3, -0.25) is 4.79 Å². The van der Waals surface area contributed by atoms with Crippen molar-refractivity contribution in [2.75, 3.05) is 53.2 Å². The Bertz CT molecular complexity index is 492. The molecule has 1 heterocycles. The van der Waals surface area contributed by atoms with Crippen LogP contribution in [0, 0.1) is 5.82 Å². The van der Waals surface area contributed by atoms with Crippen molar-refractivity contribution in [2.45, 2.75) is 12.5 Å². The third kappa shape index (κ3) is 6.43. The highest BCUT2D eigenvalue weighted by molar-refractivity contribution is 5.76. The van der Waals surface area contributed by atoms with Crippen LogP contribution in [0.2, 0.25) is 0 Å². The van der Waals surface area contributed by atoms with Crippen molar-refractivity contribution in [2.24, 2.45) is 0 Å². The number of nitrogens with one attached hydrogen (secondary N) is 1. The van der Waals surface area contributed by atoms with Crippen LogP contribution in [-0.4, -0.2) is 70.0 Å². The summed E-state index contributed by atoms with van der Waals surface area (Å²) in [5.41, 5.74) is 0. The standard InChI is InChI=1S/C17H25FN2O4/c1-22-10-7-20(17(21)12-15-13-23-9-6-19-15)8-11-24-16-4-2-14(18)3-5-16/h2-5,15,19H,6-13H2,1H3. The summed E-state index contributed by atoms with van der Waals surface area (Å²) in [6.07, 6.45) is 0.389. The van der Waals surface area contributed by atoms with Crippen LogP contribution in [0.1, 0.15) is 6.42 Å². The van der Waals surface area contributed by atoms with Gasteiger partial charge in [0.2, 0.25) is 5.91 Å². The number of rotatable bonds is 9. The van der Waals surface area contributed by atoms with Gasteiger partial charge in [-0.15, -0.1) is 0 Å². The minimum Gasteiger partial charge on any atom is -0.492 e. The van der Waals surface area contributed by atoms with E-state index >= 15 is 0 Å². The van der Waals surface area contributed by atoms with Gasteiger partial charge in [-0.1, -0.05) is 0 Å². The normalized spacial score (nSPS) is 17.5. The Morgan fingerprint density at radius 2 is 2.08 bits per heavy atom. The minimum atomic E-state index is -0.304. The Morgan fingerprint density at radius 3 is 2.75 bits per heavy atom. The van der Waals surface area contributed by atoms with Gasteiger partial charge in [-0.25, -0.2) is 4.39 Å². The van der Waals surface area contributed by atoms with Crippen LogP contribution in [0.3, 0.4) is 0 Å². The monoisotopic (exact) mass is 340 g/mol. The number of ether oxygens (including phenoxy) is 3. The molecule has 1 N–H and O–H groups in total. The fourth-order valence-corrected chi connectivity index (χ4v) is 2.46. The van der Waals surface area contributed by atoms with E-state index in [1.165, 1.54) is 12.1 Å². The molecule has 0 bridgehead atoms. The number of nitrogens with zero attached hydrogens (tertiary/aromatic N) is 1. The van der Waals surface area contributed by atoms with Crippen LogP contribution in [0.15, 0.2) is 24.3 Å². The molecule has 0 aromatic heterocycles. The Kier molecular flexibility index (Phi) is 7.94. The lowest BCUT2D eigenvalue weighted by atomic mass is 10.2. The fourth-order valence-electron chi connectivity index (χ4n) is 2.46. The molecule has 1 aliphatic heterocycles. The molecule has 2 rings (SSSR count). The van der Waals surface area contributed by atoms with Crippen molar-refractivity contribution >= 4 is 5.91 Å². The van der Waals surface area contributed by atoms with Crippen LogP contribution < -0.4 is 10.1 Å². The molecular weight excluding hydrogens is 315 g/mol. The Morgan fingerprint density at radius 1 is 1.33 bits per heavy atom. The van der Waals surface area contributed by atoms with E-state index in [2.05, 4.69) is 5.32 Å². The van der Waals surface area contributed by atoms with E-state index in [4.69, 9.17) is 14.2 Å². The van der Waals surface area contributed by atoms with Gasteiger partial charge in [-0.2, -0.15) is 0 Å². The van der Waals surface area contributed by atoms with Gasteiger partial charge in [-0.05, 0) is 24.3 Å². The zero-order valence-corrected chi connectivity index (χ0v) is 14.0. The van der Waals surface area contributed by atoms with Crippen molar-refractivity contribution in [1.29, 1.82) is 0 Å². The van der Waals surface area contributed by atoms with Crippen molar-refractivity contribution in [3.63, 3.8) is 0 Å². The van der Waals surface area contributed by atoms with Crippen LogP contribution in [-0.2, 0) is 14.3 Å². The molecule has 1 aliphatic rings. The first-order chi connectivity index (χ1) is 11.7. The van der Waals surface area contributed by atoms with E-state index in [0.29, 0.717) is 51.7 Å². The first-order valence-corrected chi connectivity index (χ1v) is 8.15. The lowest BCUT2D eigenvalue weighted by molar-refractivity contribution is -0.133. The van der Waals surface area contributed by atoms with Gasteiger partial charge in [0, 0.05) is 32.7 Å². The molecule has 1 atom stereocenters. The first-order valence-electron chi connectivity index (χ1n) is 8.15. The summed E-state index contributed by atoms with van der Waals surface area (Å²) in [6.45, 7) is 3.78. The van der Waals surface area contributed by atoms with E-state index < -0.39 is 0 Å². The quantitative estimate of drug-likeness (QED) is 0.728. The predicted molar refractivity (Wildman–Crippen MR) is 87.6 cm³/mol. The van der Waals surface area contributed by atoms with E-state index in [1.54, 1.807) is 24.1 Å². The third-order valence-electron chi connectivity index (χ3n) is 3.78. The summed E-state index contributed by atoms with van der Waals surface area (Å²) in [6, 6.07) is 5.88. The van der Waals surface area contributed by atoms with Gasteiger partial charge in [0.05, 0.1) is 26.4 Å². The largest absolute Gasteiger partial charge is 0.492 e. The number of hydrogen-bond acceptors (Lipinski definition) is 5. The zero-order valence-electron chi connectivity index (χ0n) is 14.0. The number of benzene rings is 1. The Balaban J connectivity index is 1.79. The molecule has 0 spiro atoms. The summed E-state index contributed by atoms with van der Waals surface area (Å²) in [5, 5.41) is 3.28. The summed E-state index contributed by atoms with van der Waals surface area (Å²) in [7, 11) is 1.61. The molecule has 134 valence electrons. The number of amides is 1. The van der Waals surface area contributed by atoms with Gasteiger partial charge in [0.15, 0.2) is 0 Å². The number of morpholine rings is 1. The van der Waals surface area contributed by atoms with Crippen molar-refractivity contribution in [1.82, 2.24) is 10.2 Å². The molecule has 0 radical (unpaired) electrons. The maximum absolute atomic E-state index is 12.9. The molecule has 6 nitrogen and oxygen atoms in total. The highest BCUT2D eigenvalue weighted by Gasteiger charge is 2.21. The Labute approximate surface area is 141 Å². The van der Waals surface area contributed by atoms with E-state index in [9.17, 15) is 9.18 Å². The molecule has 1 aromatic carbocycles. The van der Waals surface area contributed by atoms with Crippen LogP contribution >= 0.6 is 0 Å². The van der Waals surface area contributed by atoms with Crippen molar-refractivity contribution < 1.29 is 23.4 Å². The highest BCUT2D eigenvalue weighted by Crippen LogP contribution is 2.11. The van der Waals surface area contributed by atoms with Gasteiger partial charge >= 0.3 is 0 Å². The van der Waals surface area contributed by atoms with Crippen LogP contribution in [0.4, 0.5) is 4.39 Å². The summed E-state index contributed by atoms with van der Waals surface area (Å²) in [4.78, 5) is 14.2. The summed E-state index contributed by atoms with van der Waals surface area (Å²) >= 11 is 0. The van der Waals surface area contributed by atoms with E-state index in [0.717, 1.165) is 6.54 Å². The predicted octanol–water partition coefficient (Wildman–Crippen LogP) is 1.06. The number of halogens is 1. The molecule has 1 aromatic rings. The van der Waals surface area contributed by atoms with Crippen LogP contribution in [0.25, 0.3) is 0 Å². The van der Waals surface area contributed by atoms with Crippen LogP contribution in [0.5, 0.6) is 5.75 Å². The number of hydrogen-bond donors (Lipinski definition) is 1. The molecule has 24 heavy (non-hydrogen) atoms. The second-order valence-corrected chi connectivity index (χ2v) is 5.61. The molecule has 7 heteroatoms. The average Bonchev–Trinajstić information content (AvgIpc) is 2.60. The summed E-state index contributed by atoms with van der Waals surface area (Å²) < 4.78 is 28.9. The molecule has 0 saturated carbocycles. The van der Waals surface area contributed by atoms with E-state index in [1.807, 2.05) is 0 Å². The maximum atomic E-state index is 12.9. The maximum Gasteiger partial charge on any atom is 0.224 e. The molecule has 1 fully saturated rings. The van der Waals surface area contributed by atoms with Gasteiger partial charge < -0.3 is 24.4 Å². The second kappa shape index (κ2) is 10.2. The molecule has 1 saturated heterocycles. The molecule has 1 unspecified atom stereocenters. The van der Waals surface area contributed by atoms with Crippen molar-refractivity contribution in [3.05, 3.63) is 30.1 Å². The van der Waals surface area contributed by atoms with E-state index in [-0.39, 0.29) is 17.8 Å². The zero-order chi connectivity index (χ0) is 17.2. The van der Waals surface area contributed by atoms with Crippen molar-refractivity contribution in [3.8, 4) is 5.75 Å². The van der Waals surface area contributed by atoms with Gasteiger partial charge in [0.25, 0.3) is 0 Å². The highest BCUT2D eigenvalue weighted by atomic mass is 19.1. The average molecular weight is 340 g/mol. The number of carbonyl (C=O) groups excluding carboxylic acids is 1. The smallest absolute Gasteiger partial charge is 0.224 e. The lowest BCUT2D eigenvalue weighted by Crippen LogP contribution is -2.46. The number of methoxy groups -OCH3 is 1. The Hall–Kier alpha value is -1.70. The fraction of sp³-hybridized carbons (Fsp3) is 0.588. The second-order valence-electron chi connectivity index (χ2n) is 5.61. The molecular formula is C17H25FN2O4. The van der Waals surface area contributed by atoms with Gasteiger partial charge in [0.1, 0.15) is 18.2 Å². The topological polar surface area (TPSA) is 60.0 Å². The lowest BCUT2D eigenvalue weighted by Gasteiger charge is -2.27. The third-order valence-corrected chi connectivity index (χ3v) is 3.78. The number of carbonyl (C=O) groups is 1. The minimum absolute atomic E-state index is 0.0396. The SMILES string of the molecule is COCCN(CCOc1ccc(F)cc1)C(=O)CC1COCCN1. The molecule has 0 aliphatic carbocycles. The first kappa shape index (κ1) is 18.6.